The van der Waals surface area contributed by atoms with Gasteiger partial charge in [-0.15, -0.1) is 0 Å². The first-order valence-corrected chi connectivity index (χ1v) is 10.3. The summed E-state index contributed by atoms with van der Waals surface area (Å²) in [5, 5.41) is 11.4. The molecule has 0 bridgehead atoms. The summed E-state index contributed by atoms with van der Waals surface area (Å²) in [6.07, 6.45) is 1.77. The summed E-state index contributed by atoms with van der Waals surface area (Å²) in [6, 6.07) is 13.5. The summed E-state index contributed by atoms with van der Waals surface area (Å²) < 4.78 is 0. The molecule has 1 saturated heterocycles. The first kappa shape index (κ1) is 19.7. The molecule has 2 aliphatic rings. The van der Waals surface area contributed by atoms with Crippen LogP contribution in [0.15, 0.2) is 47.5 Å². The molecule has 1 amide bonds. The molecule has 2 aliphatic heterocycles. The van der Waals surface area contributed by atoms with Crippen molar-refractivity contribution in [1.82, 2.24) is 15.5 Å². The van der Waals surface area contributed by atoms with E-state index in [9.17, 15) is 4.79 Å². The van der Waals surface area contributed by atoms with E-state index < -0.39 is 0 Å². The fourth-order valence-corrected chi connectivity index (χ4v) is 4.18. The van der Waals surface area contributed by atoms with E-state index in [1.165, 1.54) is 0 Å². The van der Waals surface area contributed by atoms with Gasteiger partial charge in [0.25, 0.3) is 5.91 Å². The Labute approximate surface area is 176 Å². The van der Waals surface area contributed by atoms with Crippen molar-refractivity contribution in [3.05, 3.63) is 58.6 Å². The number of anilines is 1. The summed E-state index contributed by atoms with van der Waals surface area (Å²) in [7, 11) is 3.54. The van der Waals surface area contributed by atoms with Gasteiger partial charge in [0.05, 0.1) is 22.5 Å². The smallest absolute Gasteiger partial charge is 0.255 e. The van der Waals surface area contributed by atoms with Crippen molar-refractivity contribution < 1.29 is 4.79 Å². The molecule has 0 atom stereocenters. The van der Waals surface area contributed by atoms with Gasteiger partial charge in [0.15, 0.2) is 0 Å². The number of hydrogen-bond donors (Lipinski definition) is 3. The van der Waals surface area contributed by atoms with Gasteiger partial charge in [-0.2, -0.15) is 0 Å². The van der Waals surface area contributed by atoms with Gasteiger partial charge in [-0.1, -0.05) is 29.8 Å². The van der Waals surface area contributed by atoms with E-state index in [1.54, 1.807) is 19.0 Å². The first-order valence-electron chi connectivity index (χ1n) is 9.90. The molecule has 4 rings (SSSR count). The maximum Gasteiger partial charge on any atom is 0.255 e. The van der Waals surface area contributed by atoms with Crippen molar-refractivity contribution in [3.8, 4) is 0 Å². The van der Waals surface area contributed by atoms with Gasteiger partial charge in [0.2, 0.25) is 0 Å². The molecule has 3 N–H and O–H groups in total. The van der Waals surface area contributed by atoms with Crippen LogP contribution in [0, 0.1) is 0 Å². The number of carbonyl (C=O) groups is 1. The third-order valence-electron chi connectivity index (χ3n) is 5.53. The molecule has 0 radical (unpaired) electrons. The molecule has 0 aromatic heterocycles. The van der Waals surface area contributed by atoms with Gasteiger partial charge in [0, 0.05) is 25.7 Å². The number of hydrogen-bond acceptors (Lipinski definition) is 5. The van der Waals surface area contributed by atoms with Crippen LogP contribution >= 0.6 is 11.6 Å². The average Bonchev–Trinajstić information content (AvgIpc) is 2.72. The minimum atomic E-state index is -0.320. The summed E-state index contributed by atoms with van der Waals surface area (Å²) in [6.45, 7) is 2.43. The fraction of sp³-hybridized carbons (Fsp3) is 0.364. The molecule has 152 valence electrons. The Hall–Kier alpha value is -2.57. The number of para-hydroxylation sites is 1. The third-order valence-corrected chi connectivity index (χ3v) is 5.77. The van der Waals surface area contributed by atoms with E-state index in [-0.39, 0.29) is 11.4 Å². The largest absolute Gasteiger partial charge is 0.370 e. The van der Waals surface area contributed by atoms with Crippen molar-refractivity contribution in [3.63, 3.8) is 0 Å². The maximum absolute atomic E-state index is 12.7. The zero-order valence-corrected chi connectivity index (χ0v) is 17.5. The molecule has 1 fully saturated rings. The number of aliphatic imine (C=N–C) groups is 1. The summed E-state index contributed by atoms with van der Waals surface area (Å²) in [4.78, 5) is 19.3. The molecular formula is C22H26ClN5O. The number of benzene rings is 2. The number of fused-ring (bicyclic) bond motifs is 1. The molecule has 2 aromatic carbocycles. The highest BCUT2D eigenvalue weighted by Gasteiger charge is 2.41. The normalized spacial score (nSPS) is 17.1. The van der Waals surface area contributed by atoms with Crippen LogP contribution in [0.25, 0.3) is 0 Å². The number of piperidine rings is 1. The monoisotopic (exact) mass is 411 g/mol. The molecular weight excluding hydrogens is 386 g/mol. The zero-order chi connectivity index (χ0) is 20.4. The Balaban J connectivity index is 1.70. The van der Waals surface area contributed by atoms with Crippen molar-refractivity contribution in [1.29, 1.82) is 0 Å². The number of amides is 1. The highest BCUT2D eigenvalue weighted by molar-refractivity contribution is 6.30. The third kappa shape index (κ3) is 3.95. The summed E-state index contributed by atoms with van der Waals surface area (Å²) >= 11 is 6.13. The highest BCUT2D eigenvalue weighted by atomic mass is 35.5. The lowest BCUT2D eigenvalue weighted by molar-refractivity contribution is 0.0828. The minimum absolute atomic E-state index is 0.0241. The van der Waals surface area contributed by atoms with Gasteiger partial charge < -0.3 is 20.9 Å². The van der Waals surface area contributed by atoms with Crippen molar-refractivity contribution in [2.75, 3.05) is 32.5 Å². The molecule has 7 heteroatoms. The topological polar surface area (TPSA) is 68.8 Å². The van der Waals surface area contributed by atoms with Crippen LogP contribution in [-0.2, 0) is 6.54 Å². The summed E-state index contributed by atoms with van der Waals surface area (Å²) in [5.41, 5.74) is 3.05. The first-order chi connectivity index (χ1) is 14.0. The minimum Gasteiger partial charge on any atom is -0.370 e. The van der Waals surface area contributed by atoms with E-state index >= 15 is 0 Å². The lowest BCUT2D eigenvalue weighted by Gasteiger charge is -2.43. The van der Waals surface area contributed by atoms with Crippen LogP contribution in [0.1, 0.15) is 28.8 Å². The SMILES string of the molecule is CN(C)C(=O)c1cccc2c1NC1(CCNCC1)C(NCc1cccc(Cl)c1)=N2. The Morgan fingerprint density at radius 2 is 1.97 bits per heavy atom. The van der Waals surface area contributed by atoms with Crippen LogP contribution < -0.4 is 16.0 Å². The van der Waals surface area contributed by atoms with E-state index in [0.717, 1.165) is 53.7 Å². The zero-order valence-electron chi connectivity index (χ0n) is 16.8. The van der Waals surface area contributed by atoms with Gasteiger partial charge in [0.1, 0.15) is 5.84 Å². The van der Waals surface area contributed by atoms with E-state index in [4.69, 9.17) is 16.6 Å². The number of halogens is 1. The molecule has 0 unspecified atom stereocenters. The van der Waals surface area contributed by atoms with Crippen LogP contribution in [-0.4, -0.2) is 49.4 Å². The molecule has 2 heterocycles. The van der Waals surface area contributed by atoms with Crippen LogP contribution in [0.3, 0.4) is 0 Å². The molecule has 6 nitrogen and oxygen atoms in total. The van der Waals surface area contributed by atoms with Crippen molar-refractivity contribution >= 4 is 34.7 Å². The van der Waals surface area contributed by atoms with Crippen LogP contribution in [0.2, 0.25) is 5.02 Å². The summed E-state index contributed by atoms with van der Waals surface area (Å²) in [5.74, 6) is 0.893. The second-order valence-corrected chi connectivity index (χ2v) is 8.24. The molecule has 1 spiro atoms. The van der Waals surface area contributed by atoms with Gasteiger partial charge in [-0.3, -0.25) is 4.79 Å². The quantitative estimate of drug-likeness (QED) is 0.724. The Bertz CT molecular complexity index is 950. The molecule has 0 saturated carbocycles. The van der Waals surface area contributed by atoms with Gasteiger partial charge >= 0.3 is 0 Å². The fourth-order valence-electron chi connectivity index (χ4n) is 3.97. The Kier molecular flexibility index (Phi) is 5.48. The highest BCUT2D eigenvalue weighted by Crippen LogP contribution is 2.39. The maximum atomic E-state index is 12.7. The standard InChI is InChI=1S/C22H26ClN5O/c1-28(2)20(29)17-7-4-8-18-19(17)27-22(9-11-24-12-10-22)21(26-18)25-14-15-5-3-6-16(23)13-15/h3-8,13,24,27H,9-12,14H2,1-2H3,(H,25,26). The molecule has 29 heavy (non-hydrogen) atoms. The predicted octanol–water partition coefficient (Wildman–Crippen LogP) is 3.41. The Morgan fingerprint density at radius 1 is 1.21 bits per heavy atom. The average molecular weight is 412 g/mol. The van der Waals surface area contributed by atoms with E-state index in [1.807, 2.05) is 42.5 Å². The Morgan fingerprint density at radius 3 is 2.69 bits per heavy atom. The predicted molar refractivity (Wildman–Crippen MR) is 118 cm³/mol. The number of nitrogens with zero attached hydrogens (tertiary/aromatic N) is 2. The van der Waals surface area contributed by atoms with Gasteiger partial charge in [-0.25, -0.2) is 4.99 Å². The van der Waals surface area contributed by atoms with E-state index in [0.29, 0.717) is 12.1 Å². The number of rotatable bonds is 3. The van der Waals surface area contributed by atoms with Gasteiger partial charge in [-0.05, 0) is 55.8 Å². The van der Waals surface area contributed by atoms with Crippen molar-refractivity contribution in [2.24, 2.45) is 4.99 Å². The van der Waals surface area contributed by atoms with Crippen LogP contribution in [0.4, 0.5) is 11.4 Å². The number of amidine groups is 1. The second kappa shape index (κ2) is 8.05. The second-order valence-electron chi connectivity index (χ2n) is 7.80. The number of nitrogens with one attached hydrogen (secondary N) is 3. The molecule has 2 aromatic rings. The lowest BCUT2D eigenvalue weighted by atomic mass is 9.84. The van der Waals surface area contributed by atoms with Crippen molar-refractivity contribution in [2.45, 2.75) is 24.9 Å². The lowest BCUT2D eigenvalue weighted by Crippen LogP contribution is -2.58. The molecule has 0 aliphatic carbocycles. The van der Waals surface area contributed by atoms with E-state index in [2.05, 4.69) is 16.0 Å². The van der Waals surface area contributed by atoms with Crippen LogP contribution in [0.5, 0.6) is 0 Å². The number of carbonyl (C=O) groups excluding carboxylic acids is 1.